The Hall–Kier alpha value is -2.89. The molecule has 1 aliphatic rings. The molecule has 26 heavy (non-hydrogen) atoms. The van der Waals surface area contributed by atoms with Crippen LogP contribution >= 0.6 is 0 Å². The second-order valence-corrected chi connectivity index (χ2v) is 6.35. The number of aromatic nitrogens is 2. The molecular formula is C20H24N4O2. The zero-order chi connectivity index (χ0) is 18.5. The number of carbonyl (C=O) groups excluding carboxylic acids is 2. The van der Waals surface area contributed by atoms with Crippen molar-refractivity contribution in [2.45, 2.75) is 39.3 Å². The van der Waals surface area contributed by atoms with Crippen LogP contribution in [0.15, 0.2) is 43.1 Å². The number of benzene rings is 1. The van der Waals surface area contributed by atoms with Crippen LogP contribution in [0.5, 0.6) is 0 Å². The van der Waals surface area contributed by atoms with Crippen LogP contribution in [0.25, 0.3) is 0 Å². The normalized spacial score (nSPS) is 13.2. The Balaban J connectivity index is 1.75. The summed E-state index contributed by atoms with van der Waals surface area (Å²) in [5, 5.41) is 7.38. The van der Waals surface area contributed by atoms with E-state index in [9.17, 15) is 9.59 Å². The number of aryl methyl sites for hydroxylation is 1. The Morgan fingerprint density at radius 2 is 2.19 bits per heavy atom. The van der Waals surface area contributed by atoms with Gasteiger partial charge in [0, 0.05) is 30.5 Å². The zero-order valence-corrected chi connectivity index (χ0v) is 15.1. The molecule has 0 aliphatic carbocycles. The highest BCUT2D eigenvalue weighted by Gasteiger charge is 2.24. The molecule has 0 radical (unpaired) electrons. The highest BCUT2D eigenvalue weighted by atomic mass is 16.2. The van der Waals surface area contributed by atoms with E-state index in [-0.39, 0.29) is 11.8 Å². The summed E-state index contributed by atoms with van der Waals surface area (Å²) >= 11 is 0. The Morgan fingerprint density at radius 3 is 2.96 bits per heavy atom. The molecular weight excluding hydrogens is 328 g/mol. The quantitative estimate of drug-likeness (QED) is 0.813. The van der Waals surface area contributed by atoms with Gasteiger partial charge in [-0.05, 0) is 49.1 Å². The highest BCUT2D eigenvalue weighted by molar-refractivity contribution is 6.04. The van der Waals surface area contributed by atoms with E-state index >= 15 is 0 Å². The predicted molar refractivity (Wildman–Crippen MR) is 101 cm³/mol. The highest BCUT2D eigenvalue weighted by Crippen LogP contribution is 2.30. The molecule has 3 rings (SSSR count). The minimum atomic E-state index is -0.139. The van der Waals surface area contributed by atoms with Crippen molar-refractivity contribution in [3.05, 3.63) is 59.9 Å². The van der Waals surface area contributed by atoms with E-state index < -0.39 is 0 Å². The summed E-state index contributed by atoms with van der Waals surface area (Å²) in [4.78, 5) is 26.5. The van der Waals surface area contributed by atoms with E-state index in [2.05, 4.69) is 23.9 Å². The van der Waals surface area contributed by atoms with Crippen molar-refractivity contribution in [2.24, 2.45) is 0 Å². The first kappa shape index (κ1) is 17.9. The molecule has 2 aromatic rings. The fraction of sp³-hybridized carbons (Fsp3) is 0.350. The Kier molecular flexibility index (Phi) is 5.51. The van der Waals surface area contributed by atoms with Gasteiger partial charge in [-0.3, -0.25) is 14.3 Å². The van der Waals surface area contributed by atoms with Crippen molar-refractivity contribution in [1.29, 1.82) is 0 Å². The van der Waals surface area contributed by atoms with Crippen molar-refractivity contribution in [3.8, 4) is 0 Å². The van der Waals surface area contributed by atoms with E-state index in [4.69, 9.17) is 0 Å². The van der Waals surface area contributed by atoms with Gasteiger partial charge in [0.15, 0.2) is 0 Å². The molecule has 0 bridgehead atoms. The third-order valence-electron chi connectivity index (χ3n) is 4.51. The first-order chi connectivity index (χ1) is 12.6. The van der Waals surface area contributed by atoms with Crippen molar-refractivity contribution >= 4 is 17.5 Å². The molecule has 0 atom stereocenters. The lowest BCUT2D eigenvalue weighted by molar-refractivity contribution is -0.114. The zero-order valence-electron chi connectivity index (χ0n) is 15.1. The average Bonchev–Trinajstić information content (AvgIpc) is 3.12. The molecule has 0 spiro atoms. The van der Waals surface area contributed by atoms with Crippen LogP contribution in [0.3, 0.4) is 0 Å². The van der Waals surface area contributed by atoms with E-state index in [1.54, 1.807) is 4.90 Å². The van der Waals surface area contributed by atoms with Gasteiger partial charge in [0.25, 0.3) is 5.91 Å². The Morgan fingerprint density at radius 1 is 1.35 bits per heavy atom. The van der Waals surface area contributed by atoms with E-state index in [0.29, 0.717) is 18.7 Å². The first-order valence-electron chi connectivity index (χ1n) is 9.00. The van der Waals surface area contributed by atoms with E-state index in [1.807, 2.05) is 35.1 Å². The molecule has 1 aliphatic heterocycles. The maximum absolute atomic E-state index is 12.7. The summed E-state index contributed by atoms with van der Waals surface area (Å²) in [6, 6.07) is 7.43. The first-order valence-corrected chi connectivity index (χ1v) is 9.00. The standard InChI is InChI=1S/C20H24N4O2/c1-3-11-23-13-10-15(22-23)14-21-20(26)17-7-5-9-18-16(17)8-6-12-24(18)19(25)4-2/h4-5,7,9-10,13H,2-3,6,8,11-12,14H2,1H3,(H,21,26). The van der Waals surface area contributed by atoms with Gasteiger partial charge >= 0.3 is 0 Å². The van der Waals surface area contributed by atoms with Gasteiger partial charge in [-0.1, -0.05) is 19.6 Å². The van der Waals surface area contributed by atoms with Gasteiger partial charge in [0.1, 0.15) is 0 Å². The lowest BCUT2D eigenvalue weighted by Gasteiger charge is -2.29. The Labute approximate surface area is 153 Å². The van der Waals surface area contributed by atoms with Gasteiger partial charge in [0.2, 0.25) is 5.91 Å². The molecule has 0 saturated heterocycles. The summed E-state index contributed by atoms with van der Waals surface area (Å²) in [7, 11) is 0. The van der Waals surface area contributed by atoms with Crippen LogP contribution in [0.1, 0.15) is 41.4 Å². The second-order valence-electron chi connectivity index (χ2n) is 6.35. The van der Waals surface area contributed by atoms with Gasteiger partial charge < -0.3 is 10.2 Å². The SMILES string of the molecule is C=CC(=O)N1CCCc2c(C(=O)NCc3ccn(CCC)n3)cccc21. The summed E-state index contributed by atoms with van der Waals surface area (Å²) in [5.74, 6) is -0.273. The monoisotopic (exact) mass is 352 g/mol. The van der Waals surface area contributed by atoms with E-state index in [1.165, 1.54) is 6.08 Å². The fourth-order valence-electron chi connectivity index (χ4n) is 3.29. The molecule has 0 fully saturated rings. The van der Waals surface area contributed by atoms with Crippen molar-refractivity contribution in [1.82, 2.24) is 15.1 Å². The molecule has 136 valence electrons. The Bertz CT molecular complexity index is 825. The molecule has 6 nitrogen and oxygen atoms in total. The van der Waals surface area contributed by atoms with Crippen LogP contribution in [0.4, 0.5) is 5.69 Å². The number of anilines is 1. The van der Waals surface area contributed by atoms with Crippen molar-refractivity contribution in [3.63, 3.8) is 0 Å². The van der Waals surface area contributed by atoms with Gasteiger partial charge in [-0.25, -0.2) is 0 Å². The number of hydrogen-bond acceptors (Lipinski definition) is 3. The molecule has 0 saturated carbocycles. The predicted octanol–water partition coefficient (Wildman–Crippen LogP) is 2.69. The van der Waals surface area contributed by atoms with Gasteiger partial charge in [-0.2, -0.15) is 5.10 Å². The van der Waals surface area contributed by atoms with Crippen LogP contribution in [0.2, 0.25) is 0 Å². The number of carbonyl (C=O) groups is 2. The van der Waals surface area contributed by atoms with Crippen LogP contribution < -0.4 is 10.2 Å². The van der Waals surface area contributed by atoms with Gasteiger partial charge in [0.05, 0.1) is 12.2 Å². The smallest absolute Gasteiger partial charge is 0.251 e. The molecule has 1 aromatic carbocycles. The number of fused-ring (bicyclic) bond motifs is 1. The molecule has 6 heteroatoms. The maximum atomic E-state index is 12.7. The summed E-state index contributed by atoms with van der Waals surface area (Å²) in [5.41, 5.74) is 3.18. The second kappa shape index (κ2) is 7.99. The number of amides is 2. The molecule has 2 heterocycles. The van der Waals surface area contributed by atoms with Crippen LogP contribution in [-0.2, 0) is 24.3 Å². The van der Waals surface area contributed by atoms with E-state index in [0.717, 1.165) is 42.8 Å². The minimum absolute atomic E-state index is 0.134. The molecule has 1 N–H and O–H groups in total. The lowest BCUT2D eigenvalue weighted by atomic mass is 9.95. The molecule has 2 amide bonds. The number of hydrogen-bond donors (Lipinski definition) is 1. The van der Waals surface area contributed by atoms with Crippen LogP contribution in [-0.4, -0.2) is 28.1 Å². The molecule has 1 aromatic heterocycles. The number of nitrogens with zero attached hydrogens (tertiary/aromatic N) is 3. The third-order valence-corrected chi connectivity index (χ3v) is 4.51. The third kappa shape index (κ3) is 3.69. The van der Waals surface area contributed by atoms with Crippen molar-refractivity contribution in [2.75, 3.05) is 11.4 Å². The summed E-state index contributed by atoms with van der Waals surface area (Å²) in [6.45, 7) is 7.57. The maximum Gasteiger partial charge on any atom is 0.251 e. The summed E-state index contributed by atoms with van der Waals surface area (Å²) in [6.07, 6.45) is 5.87. The lowest BCUT2D eigenvalue weighted by Crippen LogP contribution is -2.35. The van der Waals surface area contributed by atoms with Crippen LogP contribution in [0, 0.1) is 0 Å². The number of rotatable bonds is 6. The largest absolute Gasteiger partial charge is 0.346 e. The average molecular weight is 352 g/mol. The van der Waals surface area contributed by atoms with Gasteiger partial charge in [-0.15, -0.1) is 0 Å². The molecule has 0 unspecified atom stereocenters. The minimum Gasteiger partial charge on any atom is -0.346 e. The van der Waals surface area contributed by atoms with Crippen molar-refractivity contribution < 1.29 is 9.59 Å². The summed E-state index contributed by atoms with van der Waals surface area (Å²) < 4.78 is 1.88. The fourth-order valence-corrected chi connectivity index (χ4v) is 3.29. The number of nitrogens with one attached hydrogen (secondary N) is 1. The topological polar surface area (TPSA) is 67.2 Å².